The smallest absolute Gasteiger partial charge is 0.326 e. The van der Waals surface area contributed by atoms with Crippen molar-refractivity contribution in [1.82, 2.24) is 9.80 Å². The Balaban J connectivity index is 2.76. The number of aliphatic hydroxyl groups is 1. The van der Waals surface area contributed by atoms with Crippen molar-refractivity contribution in [2.24, 2.45) is 0 Å². The van der Waals surface area contributed by atoms with E-state index < -0.39 is 24.1 Å². The molecule has 0 radical (unpaired) electrons. The number of aliphatic hydroxyl groups excluding tert-OH is 1. The van der Waals surface area contributed by atoms with Gasteiger partial charge in [0, 0.05) is 26.1 Å². The Kier molecular flexibility index (Phi) is 4.50. The Hall–Kier alpha value is -1.81. The lowest BCUT2D eigenvalue weighted by molar-refractivity contribution is -0.141. The highest BCUT2D eigenvalue weighted by atomic mass is 16.4. The molecule has 3 atom stereocenters. The number of rotatable bonds is 3. The van der Waals surface area contributed by atoms with Gasteiger partial charge < -0.3 is 20.0 Å². The Morgan fingerprint density at radius 1 is 1.61 bits per heavy atom. The molecule has 18 heavy (non-hydrogen) atoms. The minimum Gasteiger partial charge on any atom is -0.480 e. The Morgan fingerprint density at radius 2 is 2.22 bits per heavy atom. The van der Waals surface area contributed by atoms with E-state index in [9.17, 15) is 14.7 Å². The number of β-amino-alcohol motifs (C(OH)–C–C–N with tert-alkyl or cyclic N) is 1. The maximum absolute atomic E-state index is 12.1. The molecule has 0 spiro atoms. The lowest BCUT2D eigenvalue weighted by Crippen LogP contribution is -2.49. The first-order chi connectivity index (χ1) is 8.38. The third-order valence-corrected chi connectivity index (χ3v) is 3.16. The lowest BCUT2D eigenvalue weighted by atomic mass is 10.2. The number of nitriles is 1. The number of carboxylic acids is 1. The molecule has 0 saturated carbocycles. The van der Waals surface area contributed by atoms with Crippen molar-refractivity contribution in [2.75, 3.05) is 13.6 Å². The first-order valence-electron chi connectivity index (χ1n) is 5.69. The van der Waals surface area contributed by atoms with E-state index >= 15 is 0 Å². The van der Waals surface area contributed by atoms with E-state index in [2.05, 4.69) is 0 Å². The largest absolute Gasteiger partial charge is 0.480 e. The monoisotopic (exact) mass is 255 g/mol. The van der Waals surface area contributed by atoms with Gasteiger partial charge in [-0.05, 0) is 6.92 Å². The standard InChI is InChI=1S/C11H17N3O4/c1-7(3-4-12)13(2)11(18)14-6-8(15)5-9(14)10(16)17/h7-9,15H,3,5-6H2,1-2H3,(H,16,17). The average Bonchev–Trinajstić information content (AvgIpc) is 2.69. The summed E-state index contributed by atoms with van der Waals surface area (Å²) in [6.07, 6.45) is -0.590. The van der Waals surface area contributed by atoms with E-state index in [4.69, 9.17) is 10.4 Å². The van der Waals surface area contributed by atoms with Crippen molar-refractivity contribution in [2.45, 2.75) is 38.0 Å². The van der Waals surface area contributed by atoms with Crippen LogP contribution in [0.4, 0.5) is 4.79 Å². The molecule has 0 aromatic heterocycles. The number of amides is 2. The lowest BCUT2D eigenvalue weighted by Gasteiger charge is -2.30. The zero-order valence-corrected chi connectivity index (χ0v) is 10.4. The summed E-state index contributed by atoms with van der Waals surface area (Å²) < 4.78 is 0. The topological polar surface area (TPSA) is 105 Å². The SMILES string of the molecule is CC(CC#N)N(C)C(=O)N1CC(O)CC1C(=O)O. The number of hydrogen-bond donors (Lipinski definition) is 2. The molecule has 7 nitrogen and oxygen atoms in total. The van der Waals surface area contributed by atoms with Gasteiger partial charge in [-0.15, -0.1) is 0 Å². The highest BCUT2D eigenvalue weighted by molar-refractivity contribution is 5.83. The van der Waals surface area contributed by atoms with Crippen molar-refractivity contribution >= 4 is 12.0 Å². The molecule has 1 aliphatic heterocycles. The number of carbonyl (C=O) groups is 2. The zero-order chi connectivity index (χ0) is 13.9. The summed E-state index contributed by atoms with van der Waals surface area (Å²) in [7, 11) is 1.52. The third-order valence-electron chi connectivity index (χ3n) is 3.16. The maximum Gasteiger partial charge on any atom is 0.326 e. The molecule has 2 N–H and O–H groups in total. The summed E-state index contributed by atoms with van der Waals surface area (Å²) in [6, 6.07) is 0.195. The van der Waals surface area contributed by atoms with Crippen LogP contribution < -0.4 is 0 Å². The van der Waals surface area contributed by atoms with Gasteiger partial charge in [-0.25, -0.2) is 9.59 Å². The number of likely N-dealkylation sites (tertiary alicyclic amines) is 1. The van der Waals surface area contributed by atoms with Gasteiger partial charge in [0.15, 0.2) is 0 Å². The molecule has 1 heterocycles. The van der Waals surface area contributed by atoms with Crippen LogP contribution in [0.1, 0.15) is 19.8 Å². The summed E-state index contributed by atoms with van der Waals surface area (Å²) in [5, 5.41) is 27.0. The quantitative estimate of drug-likeness (QED) is 0.730. The van der Waals surface area contributed by atoms with Crippen LogP contribution in [0.2, 0.25) is 0 Å². The van der Waals surface area contributed by atoms with E-state index in [1.165, 1.54) is 11.9 Å². The van der Waals surface area contributed by atoms with Crippen LogP contribution in [0.15, 0.2) is 0 Å². The molecule has 0 aliphatic carbocycles. The van der Waals surface area contributed by atoms with Gasteiger partial charge >= 0.3 is 12.0 Å². The van der Waals surface area contributed by atoms with E-state index in [-0.39, 0.29) is 25.4 Å². The first kappa shape index (κ1) is 14.3. The minimum atomic E-state index is -1.12. The van der Waals surface area contributed by atoms with Gasteiger partial charge in [-0.1, -0.05) is 0 Å². The molecule has 3 unspecified atom stereocenters. The normalized spacial score (nSPS) is 24.4. The van der Waals surface area contributed by atoms with Crippen LogP contribution in [-0.2, 0) is 4.79 Å². The van der Waals surface area contributed by atoms with Gasteiger partial charge in [-0.3, -0.25) is 0 Å². The van der Waals surface area contributed by atoms with Crippen LogP contribution in [0.3, 0.4) is 0 Å². The number of carboxylic acid groups (broad SMARTS) is 1. The Morgan fingerprint density at radius 3 is 2.72 bits per heavy atom. The summed E-state index contributed by atoms with van der Waals surface area (Å²) in [5.74, 6) is -1.12. The van der Waals surface area contributed by atoms with Crippen LogP contribution in [-0.4, -0.2) is 63.8 Å². The molecule has 2 amide bonds. The highest BCUT2D eigenvalue weighted by Gasteiger charge is 2.40. The fraction of sp³-hybridized carbons (Fsp3) is 0.727. The second-order valence-electron chi connectivity index (χ2n) is 4.50. The Bertz CT molecular complexity index is 379. The van der Waals surface area contributed by atoms with E-state index in [1.807, 2.05) is 6.07 Å². The van der Waals surface area contributed by atoms with Crippen molar-refractivity contribution in [1.29, 1.82) is 5.26 Å². The van der Waals surface area contributed by atoms with Gasteiger partial charge in [0.25, 0.3) is 0 Å². The average molecular weight is 255 g/mol. The fourth-order valence-electron chi connectivity index (χ4n) is 1.92. The molecule has 1 saturated heterocycles. The predicted octanol–water partition coefficient (Wildman–Crippen LogP) is -0.140. The van der Waals surface area contributed by atoms with E-state index in [0.717, 1.165) is 4.90 Å². The van der Waals surface area contributed by atoms with Crippen molar-refractivity contribution in [3.05, 3.63) is 0 Å². The number of carbonyl (C=O) groups excluding carboxylic acids is 1. The minimum absolute atomic E-state index is 0.0133. The van der Waals surface area contributed by atoms with Crippen LogP contribution in [0.5, 0.6) is 0 Å². The molecule has 1 fully saturated rings. The molecule has 100 valence electrons. The van der Waals surface area contributed by atoms with Gasteiger partial charge in [0.2, 0.25) is 0 Å². The van der Waals surface area contributed by atoms with Crippen molar-refractivity contribution < 1.29 is 19.8 Å². The number of urea groups is 1. The zero-order valence-electron chi connectivity index (χ0n) is 10.4. The van der Waals surface area contributed by atoms with E-state index in [1.54, 1.807) is 6.92 Å². The highest BCUT2D eigenvalue weighted by Crippen LogP contribution is 2.20. The van der Waals surface area contributed by atoms with E-state index in [0.29, 0.717) is 0 Å². The third kappa shape index (κ3) is 2.90. The van der Waals surface area contributed by atoms with Gasteiger partial charge in [0.05, 0.1) is 18.6 Å². The fourth-order valence-corrected chi connectivity index (χ4v) is 1.92. The molecule has 7 heteroatoms. The second-order valence-corrected chi connectivity index (χ2v) is 4.50. The second kappa shape index (κ2) is 5.69. The molecular formula is C11H17N3O4. The molecule has 1 rings (SSSR count). The summed E-state index contributed by atoms with van der Waals surface area (Å²) in [6.45, 7) is 1.73. The molecule has 1 aliphatic rings. The van der Waals surface area contributed by atoms with Gasteiger partial charge in [0.1, 0.15) is 6.04 Å². The van der Waals surface area contributed by atoms with Crippen LogP contribution in [0, 0.1) is 11.3 Å². The first-order valence-corrected chi connectivity index (χ1v) is 5.69. The Labute approximate surface area is 105 Å². The predicted molar refractivity (Wildman–Crippen MR) is 61.6 cm³/mol. The van der Waals surface area contributed by atoms with Crippen molar-refractivity contribution in [3.63, 3.8) is 0 Å². The summed E-state index contributed by atoms with van der Waals surface area (Å²) >= 11 is 0. The van der Waals surface area contributed by atoms with Crippen LogP contribution in [0.25, 0.3) is 0 Å². The summed E-state index contributed by atoms with van der Waals surface area (Å²) in [4.78, 5) is 25.6. The van der Waals surface area contributed by atoms with Gasteiger partial charge in [-0.2, -0.15) is 5.26 Å². The number of hydrogen-bond acceptors (Lipinski definition) is 4. The van der Waals surface area contributed by atoms with Crippen LogP contribution >= 0.6 is 0 Å². The molecular weight excluding hydrogens is 238 g/mol. The maximum atomic E-state index is 12.1. The number of aliphatic carboxylic acids is 1. The molecule has 0 bridgehead atoms. The summed E-state index contributed by atoms with van der Waals surface area (Å²) in [5.41, 5.74) is 0. The van der Waals surface area contributed by atoms with Crippen molar-refractivity contribution in [3.8, 4) is 6.07 Å². The molecule has 0 aromatic rings. The molecule has 0 aromatic carbocycles. The number of nitrogens with zero attached hydrogens (tertiary/aromatic N) is 3.